The van der Waals surface area contributed by atoms with Crippen molar-refractivity contribution in [1.82, 2.24) is 20.7 Å². The maximum atomic E-state index is 13.1. The van der Waals surface area contributed by atoms with E-state index in [4.69, 9.17) is 11.6 Å². The largest absolute Gasteiger partial charge is 0.369 e. The Morgan fingerprint density at radius 3 is 2.62 bits per heavy atom. The molecule has 158 valence electrons. The van der Waals surface area contributed by atoms with Gasteiger partial charge in [-0.2, -0.15) is 0 Å². The lowest BCUT2D eigenvalue weighted by atomic mass is 10.0. The minimum Gasteiger partial charge on any atom is -0.369 e. The Bertz CT molecular complexity index is 734. The zero-order valence-corrected chi connectivity index (χ0v) is 17.8. The second-order valence-electron chi connectivity index (χ2n) is 9.10. The SMILES string of the molecule is O=C(C1CC(C2CC2)NN1)N1CCCC(N2CCN(c3cccc(Cl)c3)CC2)C1. The fourth-order valence-electron chi connectivity index (χ4n) is 5.24. The minimum atomic E-state index is -0.0426. The fourth-order valence-corrected chi connectivity index (χ4v) is 5.43. The van der Waals surface area contributed by atoms with E-state index in [1.54, 1.807) is 0 Å². The van der Waals surface area contributed by atoms with Crippen molar-refractivity contribution < 1.29 is 4.79 Å². The van der Waals surface area contributed by atoms with Gasteiger partial charge in [0.25, 0.3) is 0 Å². The lowest BCUT2D eigenvalue weighted by Gasteiger charge is -2.44. The highest BCUT2D eigenvalue weighted by atomic mass is 35.5. The van der Waals surface area contributed by atoms with Gasteiger partial charge in [0.05, 0.1) is 0 Å². The van der Waals surface area contributed by atoms with E-state index in [9.17, 15) is 4.79 Å². The number of amides is 1. The van der Waals surface area contributed by atoms with Gasteiger partial charge in [-0.05, 0) is 56.2 Å². The number of hydrogen-bond donors (Lipinski definition) is 2. The lowest BCUT2D eigenvalue weighted by molar-refractivity contribution is -0.135. The number of nitrogens with zero attached hydrogens (tertiary/aromatic N) is 3. The van der Waals surface area contributed by atoms with Crippen LogP contribution in [0, 0.1) is 5.92 Å². The molecule has 2 N–H and O–H groups in total. The van der Waals surface area contributed by atoms with Crippen LogP contribution >= 0.6 is 11.6 Å². The maximum absolute atomic E-state index is 13.1. The Morgan fingerprint density at radius 1 is 1.03 bits per heavy atom. The third-order valence-electron chi connectivity index (χ3n) is 7.13. The lowest BCUT2D eigenvalue weighted by Crippen LogP contribution is -2.57. The number of hydrogen-bond acceptors (Lipinski definition) is 5. The van der Waals surface area contributed by atoms with Gasteiger partial charge in [-0.1, -0.05) is 17.7 Å². The molecule has 1 amide bonds. The van der Waals surface area contributed by atoms with Crippen LogP contribution in [0.5, 0.6) is 0 Å². The number of nitrogens with one attached hydrogen (secondary N) is 2. The topological polar surface area (TPSA) is 50.9 Å². The van der Waals surface area contributed by atoms with Crippen LogP contribution in [0.15, 0.2) is 24.3 Å². The summed E-state index contributed by atoms with van der Waals surface area (Å²) in [5.41, 5.74) is 7.85. The molecule has 29 heavy (non-hydrogen) atoms. The number of likely N-dealkylation sites (tertiary alicyclic amines) is 1. The zero-order valence-electron chi connectivity index (χ0n) is 17.0. The van der Waals surface area contributed by atoms with Gasteiger partial charge in [-0.3, -0.25) is 15.1 Å². The summed E-state index contributed by atoms with van der Waals surface area (Å²) in [6, 6.07) is 9.08. The average molecular weight is 418 g/mol. The molecule has 4 fully saturated rings. The summed E-state index contributed by atoms with van der Waals surface area (Å²) >= 11 is 6.16. The molecule has 3 atom stereocenters. The zero-order chi connectivity index (χ0) is 19.8. The Hall–Kier alpha value is -1.34. The molecule has 3 aliphatic heterocycles. The average Bonchev–Trinajstić information content (AvgIpc) is 3.50. The van der Waals surface area contributed by atoms with Crippen molar-refractivity contribution >= 4 is 23.2 Å². The number of halogens is 1. The van der Waals surface area contributed by atoms with Gasteiger partial charge in [0.1, 0.15) is 6.04 Å². The molecule has 0 radical (unpaired) electrons. The van der Waals surface area contributed by atoms with E-state index in [0.29, 0.717) is 18.0 Å². The Kier molecular flexibility index (Phi) is 5.69. The van der Waals surface area contributed by atoms with Gasteiger partial charge in [0, 0.05) is 62.1 Å². The maximum Gasteiger partial charge on any atom is 0.241 e. The van der Waals surface area contributed by atoms with Crippen molar-refractivity contribution in [1.29, 1.82) is 0 Å². The van der Waals surface area contributed by atoms with E-state index < -0.39 is 0 Å². The summed E-state index contributed by atoms with van der Waals surface area (Å²) in [5.74, 6) is 1.08. The molecule has 1 aliphatic carbocycles. The second kappa shape index (κ2) is 8.42. The summed E-state index contributed by atoms with van der Waals surface area (Å²) in [4.78, 5) is 20.2. The number of rotatable bonds is 4. The molecule has 3 heterocycles. The predicted molar refractivity (Wildman–Crippen MR) is 116 cm³/mol. The number of benzene rings is 1. The van der Waals surface area contributed by atoms with Crippen LogP contribution in [0.1, 0.15) is 32.1 Å². The van der Waals surface area contributed by atoms with Crippen LogP contribution in [0.4, 0.5) is 5.69 Å². The summed E-state index contributed by atoms with van der Waals surface area (Å²) in [6.45, 7) is 5.91. The summed E-state index contributed by atoms with van der Waals surface area (Å²) in [6.07, 6.45) is 5.88. The third kappa shape index (κ3) is 4.41. The van der Waals surface area contributed by atoms with Crippen molar-refractivity contribution in [2.24, 2.45) is 5.92 Å². The van der Waals surface area contributed by atoms with E-state index in [1.165, 1.54) is 24.9 Å². The molecular weight excluding hydrogens is 386 g/mol. The Morgan fingerprint density at radius 2 is 1.86 bits per heavy atom. The molecule has 0 aromatic heterocycles. The third-order valence-corrected chi connectivity index (χ3v) is 7.37. The number of anilines is 1. The number of carbonyl (C=O) groups excluding carboxylic acids is 1. The van der Waals surface area contributed by atoms with Crippen molar-refractivity contribution in [2.75, 3.05) is 44.2 Å². The first-order valence-electron chi connectivity index (χ1n) is 11.2. The molecule has 1 saturated carbocycles. The highest BCUT2D eigenvalue weighted by molar-refractivity contribution is 6.30. The van der Waals surface area contributed by atoms with E-state index in [2.05, 4.69) is 37.7 Å². The van der Waals surface area contributed by atoms with Crippen LogP contribution in [0.3, 0.4) is 0 Å². The number of hydrazine groups is 1. The summed E-state index contributed by atoms with van der Waals surface area (Å²) < 4.78 is 0. The van der Waals surface area contributed by atoms with Gasteiger partial charge < -0.3 is 9.80 Å². The molecule has 3 saturated heterocycles. The first kappa shape index (κ1) is 19.6. The van der Waals surface area contributed by atoms with Crippen LogP contribution in [0.2, 0.25) is 5.02 Å². The smallest absolute Gasteiger partial charge is 0.241 e. The number of piperidine rings is 1. The highest BCUT2D eigenvalue weighted by Crippen LogP contribution is 2.36. The molecule has 1 aromatic rings. The van der Waals surface area contributed by atoms with Gasteiger partial charge in [0.15, 0.2) is 0 Å². The Labute approximate surface area is 178 Å². The van der Waals surface area contributed by atoms with Crippen molar-refractivity contribution in [3.05, 3.63) is 29.3 Å². The summed E-state index contributed by atoms with van der Waals surface area (Å²) in [7, 11) is 0. The number of carbonyl (C=O) groups is 1. The molecule has 3 unspecified atom stereocenters. The van der Waals surface area contributed by atoms with Crippen LogP contribution < -0.4 is 15.8 Å². The molecule has 6 nitrogen and oxygen atoms in total. The van der Waals surface area contributed by atoms with E-state index >= 15 is 0 Å². The molecule has 1 aromatic carbocycles. The quantitative estimate of drug-likeness (QED) is 0.785. The Balaban J connectivity index is 1.14. The normalized spacial score (nSPS) is 31.3. The molecule has 7 heteroatoms. The van der Waals surface area contributed by atoms with Gasteiger partial charge in [0.2, 0.25) is 5.91 Å². The standard InChI is InChI=1S/C22H32ClN5O/c23-17-3-1-4-18(13-17)26-9-11-27(12-10-26)19-5-2-8-28(15-19)22(29)21-14-20(24-25-21)16-6-7-16/h1,3-4,13,16,19-21,24-25H,2,5-12,14-15H2. The monoisotopic (exact) mass is 417 g/mol. The van der Waals surface area contributed by atoms with Gasteiger partial charge in [-0.15, -0.1) is 0 Å². The van der Waals surface area contributed by atoms with Crippen molar-refractivity contribution in [3.8, 4) is 0 Å². The molecule has 4 aliphatic rings. The van der Waals surface area contributed by atoms with Gasteiger partial charge in [-0.25, -0.2) is 5.43 Å². The van der Waals surface area contributed by atoms with E-state index in [0.717, 1.165) is 63.1 Å². The van der Waals surface area contributed by atoms with E-state index in [1.807, 2.05) is 12.1 Å². The first-order valence-corrected chi connectivity index (χ1v) is 11.6. The highest BCUT2D eigenvalue weighted by Gasteiger charge is 2.41. The van der Waals surface area contributed by atoms with Gasteiger partial charge >= 0.3 is 0 Å². The van der Waals surface area contributed by atoms with Crippen LogP contribution in [0.25, 0.3) is 0 Å². The first-order chi connectivity index (χ1) is 14.2. The summed E-state index contributed by atoms with van der Waals surface area (Å²) in [5, 5.41) is 0.797. The molecule has 0 spiro atoms. The van der Waals surface area contributed by atoms with Crippen LogP contribution in [-0.2, 0) is 4.79 Å². The fraction of sp³-hybridized carbons (Fsp3) is 0.682. The van der Waals surface area contributed by atoms with E-state index in [-0.39, 0.29) is 6.04 Å². The molecule has 5 rings (SSSR count). The number of piperazine rings is 1. The van der Waals surface area contributed by atoms with Crippen molar-refractivity contribution in [2.45, 2.75) is 50.2 Å². The minimum absolute atomic E-state index is 0.0426. The van der Waals surface area contributed by atoms with Crippen molar-refractivity contribution in [3.63, 3.8) is 0 Å². The molecular formula is C22H32ClN5O. The second-order valence-corrected chi connectivity index (χ2v) is 9.54. The predicted octanol–water partition coefficient (Wildman–Crippen LogP) is 2.10. The van der Waals surface area contributed by atoms with Crippen LogP contribution in [-0.4, -0.2) is 73.1 Å². The molecule has 0 bridgehead atoms.